The lowest BCUT2D eigenvalue weighted by molar-refractivity contribution is 0.503. The Morgan fingerprint density at radius 1 is 0.920 bits per heavy atom. The largest absolute Gasteiger partial charge is 0.206 e. The van der Waals surface area contributed by atoms with E-state index in [1.54, 1.807) is 31.2 Å². The van der Waals surface area contributed by atoms with Crippen LogP contribution >= 0.6 is 0 Å². The Morgan fingerprint density at radius 3 is 2.28 bits per heavy atom. The monoisotopic (exact) mass is 340 g/mol. The normalized spacial score (nSPS) is 11.0. The van der Waals surface area contributed by atoms with E-state index in [4.69, 9.17) is 0 Å². The van der Waals surface area contributed by atoms with Crippen LogP contribution in [0.1, 0.15) is 24.5 Å². The minimum Gasteiger partial charge on any atom is -0.206 e. The first-order chi connectivity index (χ1) is 12.1. The lowest BCUT2D eigenvalue weighted by Gasteiger charge is -2.11. The molecule has 0 heterocycles. The fourth-order valence-electron chi connectivity index (χ4n) is 3.04. The number of hydrogen-bond acceptors (Lipinski definition) is 0. The molecule has 3 heteroatoms. The molecule has 0 N–H and O–H groups in total. The van der Waals surface area contributed by atoms with Gasteiger partial charge in [0.2, 0.25) is 0 Å². The van der Waals surface area contributed by atoms with Crippen LogP contribution in [0.3, 0.4) is 0 Å². The number of rotatable bonds is 5. The molecule has 0 aromatic heterocycles. The molecule has 0 fully saturated rings. The first-order valence-electron chi connectivity index (χ1n) is 8.36. The molecular weight excluding hydrogens is 321 g/mol. The van der Waals surface area contributed by atoms with Crippen molar-refractivity contribution in [3.05, 3.63) is 83.7 Å². The van der Waals surface area contributed by atoms with Crippen LogP contribution in [0.5, 0.6) is 0 Å². The molecular formula is C22H19F3. The molecule has 0 atom stereocenters. The van der Waals surface area contributed by atoms with E-state index in [-0.39, 0.29) is 16.5 Å². The van der Waals surface area contributed by atoms with Gasteiger partial charge in [-0.05, 0) is 47.4 Å². The van der Waals surface area contributed by atoms with E-state index in [2.05, 4.69) is 6.58 Å². The number of fused-ring (bicyclic) bond motifs is 1. The van der Waals surface area contributed by atoms with Gasteiger partial charge in [-0.3, -0.25) is 0 Å². The predicted molar refractivity (Wildman–Crippen MR) is 97.2 cm³/mol. The van der Waals surface area contributed by atoms with Gasteiger partial charge >= 0.3 is 0 Å². The molecule has 0 bridgehead atoms. The van der Waals surface area contributed by atoms with Gasteiger partial charge in [0.05, 0.1) is 5.39 Å². The number of hydrogen-bond donors (Lipinski definition) is 0. The molecule has 0 spiro atoms. The van der Waals surface area contributed by atoms with Gasteiger partial charge in [0.1, 0.15) is 5.82 Å². The molecule has 3 aromatic carbocycles. The quantitative estimate of drug-likeness (QED) is 0.459. The van der Waals surface area contributed by atoms with Crippen molar-refractivity contribution >= 4 is 10.8 Å². The van der Waals surface area contributed by atoms with Crippen LogP contribution in [0.15, 0.2) is 55.1 Å². The number of halogens is 3. The SMILES string of the molecule is C=CCCc1ccc(-c2ccc3cc(CC)c(F)c(F)c3c2F)cc1. The van der Waals surface area contributed by atoms with Crippen molar-refractivity contribution in [1.29, 1.82) is 0 Å². The van der Waals surface area contributed by atoms with Crippen molar-refractivity contribution < 1.29 is 13.2 Å². The smallest absolute Gasteiger partial charge is 0.169 e. The van der Waals surface area contributed by atoms with Gasteiger partial charge in [0.15, 0.2) is 11.6 Å². The van der Waals surface area contributed by atoms with Gasteiger partial charge < -0.3 is 0 Å². The summed E-state index contributed by atoms with van der Waals surface area (Å²) in [6, 6.07) is 12.2. The Labute approximate surface area is 145 Å². The van der Waals surface area contributed by atoms with Gasteiger partial charge in [-0.15, -0.1) is 6.58 Å². The van der Waals surface area contributed by atoms with Crippen molar-refractivity contribution in [2.45, 2.75) is 26.2 Å². The second kappa shape index (κ2) is 7.14. The summed E-state index contributed by atoms with van der Waals surface area (Å²) in [4.78, 5) is 0. The summed E-state index contributed by atoms with van der Waals surface area (Å²) in [5.74, 6) is -2.81. The maximum absolute atomic E-state index is 14.9. The highest BCUT2D eigenvalue weighted by Crippen LogP contribution is 2.33. The van der Waals surface area contributed by atoms with Gasteiger partial charge in [0.25, 0.3) is 0 Å². The van der Waals surface area contributed by atoms with Gasteiger partial charge in [-0.2, -0.15) is 0 Å². The van der Waals surface area contributed by atoms with Crippen molar-refractivity contribution in [1.82, 2.24) is 0 Å². The molecule has 0 saturated carbocycles. The van der Waals surface area contributed by atoms with Gasteiger partial charge in [-0.1, -0.05) is 49.4 Å². The zero-order valence-electron chi connectivity index (χ0n) is 14.1. The van der Waals surface area contributed by atoms with Crippen LogP contribution in [0.4, 0.5) is 13.2 Å². The molecule has 0 aliphatic heterocycles. The molecule has 0 radical (unpaired) electrons. The van der Waals surface area contributed by atoms with E-state index in [1.807, 2.05) is 18.2 Å². The summed E-state index contributed by atoms with van der Waals surface area (Å²) in [6.45, 7) is 5.43. The fraction of sp³-hybridized carbons (Fsp3) is 0.182. The predicted octanol–water partition coefficient (Wildman–Crippen LogP) is 6.61. The maximum atomic E-state index is 14.9. The maximum Gasteiger partial charge on any atom is 0.169 e. The van der Waals surface area contributed by atoms with Crippen LogP contribution in [0, 0.1) is 17.5 Å². The molecule has 0 unspecified atom stereocenters. The second-order valence-corrected chi connectivity index (χ2v) is 6.07. The summed E-state index contributed by atoms with van der Waals surface area (Å²) in [5, 5.41) is 0.0857. The Kier molecular flexibility index (Phi) is 4.93. The third-order valence-corrected chi connectivity index (χ3v) is 4.48. The van der Waals surface area contributed by atoms with Crippen LogP contribution in [0.25, 0.3) is 21.9 Å². The first-order valence-corrected chi connectivity index (χ1v) is 8.36. The molecule has 0 nitrogen and oxygen atoms in total. The molecule has 0 saturated heterocycles. The highest BCUT2D eigenvalue weighted by Gasteiger charge is 2.18. The van der Waals surface area contributed by atoms with Gasteiger partial charge in [0, 0.05) is 5.56 Å². The van der Waals surface area contributed by atoms with Crippen molar-refractivity contribution in [3.8, 4) is 11.1 Å². The molecule has 0 aliphatic rings. The number of aryl methyl sites for hydroxylation is 2. The number of allylic oxidation sites excluding steroid dienone is 1. The Bertz CT molecular complexity index is 924. The Balaban J connectivity index is 2.10. The van der Waals surface area contributed by atoms with Crippen LogP contribution in [-0.2, 0) is 12.8 Å². The lowest BCUT2D eigenvalue weighted by Crippen LogP contribution is -1.98. The average molecular weight is 340 g/mol. The van der Waals surface area contributed by atoms with Gasteiger partial charge in [-0.25, -0.2) is 13.2 Å². The van der Waals surface area contributed by atoms with Crippen LogP contribution in [0.2, 0.25) is 0 Å². The van der Waals surface area contributed by atoms with Crippen molar-refractivity contribution in [3.63, 3.8) is 0 Å². The summed E-state index contributed by atoms with van der Waals surface area (Å²) < 4.78 is 43.4. The summed E-state index contributed by atoms with van der Waals surface area (Å²) in [7, 11) is 0. The topological polar surface area (TPSA) is 0 Å². The van der Waals surface area contributed by atoms with Crippen LogP contribution in [-0.4, -0.2) is 0 Å². The zero-order chi connectivity index (χ0) is 18.0. The summed E-state index contributed by atoms with van der Waals surface area (Å²) in [6.07, 6.45) is 3.94. The van der Waals surface area contributed by atoms with Crippen molar-refractivity contribution in [2.75, 3.05) is 0 Å². The first kappa shape index (κ1) is 17.3. The minimum atomic E-state index is -1.11. The zero-order valence-corrected chi connectivity index (χ0v) is 14.1. The molecule has 0 amide bonds. The Hall–Kier alpha value is -2.55. The van der Waals surface area contributed by atoms with E-state index >= 15 is 0 Å². The molecule has 128 valence electrons. The highest BCUT2D eigenvalue weighted by atomic mass is 19.2. The second-order valence-electron chi connectivity index (χ2n) is 6.07. The van der Waals surface area contributed by atoms with E-state index in [0.717, 1.165) is 18.4 Å². The number of benzene rings is 3. The third kappa shape index (κ3) is 3.19. The van der Waals surface area contributed by atoms with Crippen molar-refractivity contribution in [2.24, 2.45) is 0 Å². The summed E-state index contributed by atoms with van der Waals surface area (Å²) >= 11 is 0. The van der Waals surface area contributed by atoms with E-state index in [1.165, 1.54) is 6.07 Å². The molecule has 3 rings (SSSR count). The minimum absolute atomic E-state index is 0.253. The highest BCUT2D eigenvalue weighted by molar-refractivity contribution is 5.89. The molecule has 3 aromatic rings. The third-order valence-electron chi connectivity index (χ3n) is 4.48. The standard InChI is InChI=1S/C22H19F3/c1-3-5-6-14-7-9-16(10-8-14)18-12-11-17-13-15(4-2)20(23)22(25)19(17)21(18)24/h3,7-13H,1,4-6H2,2H3. The molecule has 0 aliphatic carbocycles. The fourth-order valence-corrected chi connectivity index (χ4v) is 3.04. The van der Waals surface area contributed by atoms with E-state index < -0.39 is 17.5 Å². The summed E-state index contributed by atoms with van der Waals surface area (Å²) in [5.41, 5.74) is 2.28. The lowest BCUT2D eigenvalue weighted by atomic mass is 9.96. The van der Waals surface area contributed by atoms with E-state index in [0.29, 0.717) is 17.4 Å². The average Bonchev–Trinajstić information content (AvgIpc) is 2.63. The Morgan fingerprint density at radius 2 is 1.64 bits per heavy atom. The molecule has 25 heavy (non-hydrogen) atoms. The van der Waals surface area contributed by atoms with E-state index in [9.17, 15) is 13.2 Å². The van der Waals surface area contributed by atoms with Crippen LogP contribution < -0.4 is 0 Å².